The number of amides is 2. The smallest absolute Gasteiger partial charge is 0.331 e. The number of alkyl halides is 3. The molecule has 0 radical (unpaired) electrons. The van der Waals surface area contributed by atoms with Crippen LogP contribution >= 0.6 is 0 Å². The number of benzene rings is 1. The number of anilines is 1. The molecule has 0 unspecified atom stereocenters. The molecule has 0 spiro atoms. The molecule has 1 N–H and O–H groups in total. The number of hydrogen-bond acceptors (Lipinski definition) is 4. The van der Waals surface area contributed by atoms with E-state index in [-0.39, 0.29) is 11.9 Å². The van der Waals surface area contributed by atoms with E-state index in [4.69, 9.17) is 0 Å². The van der Waals surface area contributed by atoms with Crippen molar-refractivity contribution in [2.45, 2.75) is 6.18 Å². The summed E-state index contributed by atoms with van der Waals surface area (Å²) in [6, 6.07) is 5.75. The van der Waals surface area contributed by atoms with E-state index < -0.39 is 12.1 Å². The number of halogens is 3. The van der Waals surface area contributed by atoms with E-state index in [9.17, 15) is 18.0 Å². The highest BCUT2D eigenvalue weighted by Crippen LogP contribution is 2.29. The summed E-state index contributed by atoms with van der Waals surface area (Å²) >= 11 is 0. The molecule has 1 aromatic carbocycles. The molecule has 0 saturated heterocycles. The number of aromatic nitrogens is 2. The minimum absolute atomic E-state index is 0.205. The van der Waals surface area contributed by atoms with Crippen molar-refractivity contribution in [1.29, 1.82) is 0 Å². The van der Waals surface area contributed by atoms with Gasteiger partial charge in [-0.05, 0) is 12.1 Å². The van der Waals surface area contributed by atoms with Gasteiger partial charge in [0.15, 0.2) is 0 Å². The molecule has 6 nitrogen and oxygen atoms in total. The van der Waals surface area contributed by atoms with Crippen LogP contribution in [0.25, 0.3) is 11.4 Å². The lowest BCUT2D eigenvalue weighted by molar-refractivity contribution is -0.159. The molecule has 0 aliphatic heterocycles. The second kappa shape index (κ2) is 5.43. The number of rotatable bonds is 2. The van der Waals surface area contributed by atoms with Crippen molar-refractivity contribution >= 4 is 11.7 Å². The first-order valence-electron chi connectivity index (χ1n) is 5.77. The highest BCUT2D eigenvalue weighted by atomic mass is 19.4. The molecule has 0 atom stereocenters. The summed E-state index contributed by atoms with van der Waals surface area (Å²) < 4.78 is 41.4. The Balaban J connectivity index is 2.25. The maximum absolute atomic E-state index is 12.4. The van der Waals surface area contributed by atoms with Crippen molar-refractivity contribution in [3.05, 3.63) is 30.2 Å². The van der Waals surface area contributed by atoms with Gasteiger partial charge < -0.3 is 14.7 Å². The van der Waals surface area contributed by atoms with E-state index in [1.165, 1.54) is 17.0 Å². The molecule has 0 bridgehead atoms. The number of carbonyl (C=O) groups excluding carboxylic acids is 1. The summed E-state index contributed by atoms with van der Waals surface area (Å²) in [5.74, 6) is -1.62. The van der Waals surface area contributed by atoms with Gasteiger partial charge in [-0.1, -0.05) is 17.3 Å². The van der Waals surface area contributed by atoms with Crippen LogP contribution in [0.15, 0.2) is 28.8 Å². The van der Waals surface area contributed by atoms with Gasteiger partial charge in [-0.3, -0.25) is 0 Å². The van der Waals surface area contributed by atoms with Gasteiger partial charge in [0.2, 0.25) is 5.82 Å². The fraction of sp³-hybridized carbons (Fsp3) is 0.250. The van der Waals surface area contributed by atoms with E-state index >= 15 is 0 Å². The van der Waals surface area contributed by atoms with Crippen molar-refractivity contribution in [2.24, 2.45) is 0 Å². The lowest BCUT2D eigenvalue weighted by Crippen LogP contribution is -2.27. The molecule has 1 aromatic heterocycles. The molecule has 1 heterocycles. The van der Waals surface area contributed by atoms with Crippen molar-refractivity contribution < 1.29 is 22.5 Å². The third-order valence-electron chi connectivity index (χ3n) is 2.45. The summed E-state index contributed by atoms with van der Waals surface area (Å²) in [5, 5.41) is 5.85. The van der Waals surface area contributed by atoms with Gasteiger partial charge in [-0.25, -0.2) is 4.79 Å². The largest absolute Gasteiger partial charge is 0.471 e. The van der Waals surface area contributed by atoms with Gasteiger partial charge in [0, 0.05) is 25.3 Å². The van der Waals surface area contributed by atoms with E-state index in [0.29, 0.717) is 11.3 Å². The fourth-order valence-electron chi connectivity index (χ4n) is 1.43. The highest BCUT2D eigenvalue weighted by molar-refractivity contribution is 5.89. The first-order valence-corrected chi connectivity index (χ1v) is 5.77. The highest BCUT2D eigenvalue weighted by Gasteiger charge is 2.38. The molecule has 0 aliphatic rings. The average Bonchev–Trinajstić information content (AvgIpc) is 2.88. The molecule has 0 aliphatic carbocycles. The van der Waals surface area contributed by atoms with Gasteiger partial charge in [0.25, 0.3) is 0 Å². The number of carbonyl (C=O) groups is 1. The van der Waals surface area contributed by atoms with E-state index in [1.807, 2.05) is 0 Å². The molecule has 112 valence electrons. The standard InChI is InChI=1S/C12H11F3N4O2/c1-19(2)11(20)16-8-5-3-4-7(6-8)9-17-10(21-18-9)12(13,14)15/h3-6H,1-2H3,(H,16,20). The molecule has 21 heavy (non-hydrogen) atoms. The summed E-state index contributed by atoms with van der Waals surface area (Å²) in [4.78, 5) is 16.1. The molecule has 2 amide bonds. The Kier molecular flexibility index (Phi) is 3.83. The van der Waals surface area contributed by atoms with Crippen LogP contribution in [0.4, 0.5) is 23.7 Å². The Bertz CT molecular complexity index is 652. The normalized spacial score (nSPS) is 11.3. The minimum atomic E-state index is -4.69. The number of hydrogen-bond donors (Lipinski definition) is 1. The van der Waals surface area contributed by atoms with Gasteiger partial charge in [-0.15, -0.1) is 0 Å². The summed E-state index contributed by atoms with van der Waals surface area (Å²) in [6.45, 7) is 0. The van der Waals surface area contributed by atoms with Crippen molar-refractivity contribution in [1.82, 2.24) is 15.0 Å². The van der Waals surface area contributed by atoms with Crippen LogP contribution < -0.4 is 5.32 Å². The van der Waals surface area contributed by atoms with Crippen LogP contribution in [-0.2, 0) is 6.18 Å². The van der Waals surface area contributed by atoms with Gasteiger partial charge >= 0.3 is 18.1 Å². The summed E-state index contributed by atoms with van der Waals surface area (Å²) in [6.07, 6.45) is -4.69. The fourth-order valence-corrected chi connectivity index (χ4v) is 1.43. The first kappa shape index (κ1) is 14.8. The predicted molar refractivity (Wildman–Crippen MR) is 67.4 cm³/mol. The van der Waals surface area contributed by atoms with Crippen LogP contribution in [0.1, 0.15) is 5.89 Å². The van der Waals surface area contributed by atoms with Crippen LogP contribution in [0.2, 0.25) is 0 Å². The van der Waals surface area contributed by atoms with Crippen molar-refractivity contribution in [3.63, 3.8) is 0 Å². The third kappa shape index (κ3) is 3.50. The molecule has 2 aromatic rings. The Hall–Kier alpha value is -2.58. The topological polar surface area (TPSA) is 71.3 Å². The molecular formula is C12H11F3N4O2. The zero-order valence-corrected chi connectivity index (χ0v) is 11.1. The summed E-state index contributed by atoms with van der Waals surface area (Å²) in [7, 11) is 3.13. The lowest BCUT2D eigenvalue weighted by atomic mass is 10.2. The van der Waals surface area contributed by atoms with E-state index in [0.717, 1.165) is 0 Å². The van der Waals surface area contributed by atoms with Crippen LogP contribution in [-0.4, -0.2) is 35.2 Å². The van der Waals surface area contributed by atoms with Gasteiger partial charge in [-0.2, -0.15) is 18.2 Å². The predicted octanol–water partition coefficient (Wildman–Crippen LogP) is 2.85. The molecular weight excluding hydrogens is 289 g/mol. The maximum atomic E-state index is 12.4. The third-order valence-corrected chi connectivity index (χ3v) is 2.45. The minimum Gasteiger partial charge on any atom is -0.331 e. The van der Waals surface area contributed by atoms with Gasteiger partial charge in [0.1, 0.15) is 0 Å². The molecule has 0 fully saturated rings. The number of nitrogens with zero attached hydrogens (tertiary/aromatic N) is 3. The average molecular weight is 300 g/mol. The quantitative estimate of drug-likeness (QED) is 0.925. The zero-order valence-electron chi connectivity index (χ0n) is 11.1. The zero-order chi connectivity index (χ0) is 15.6. The maximum Gasteiger partial charge on any atom is 0.471 e. The van der Waals surface area contributed by atoms with Crippen LogP contribution in [0.3, 0.4) is 0 Å². The number of nitrogens with one attached hydrogen (secondary N) is 1. The second-order valence-electron chi connectivity index (χ2n) is 4.33. The molecule has 9 heteroatoms. The second-order valence-corrected chi connectivity index (χ2v) is 4.33. The van der Waals surface area contributed by atoms with Crippen LogP contribution in [0, 0.1) is 0 Å². The Labute approximate surface area is 117 Å². The SMILES string of the molecule is CN(C)C(=O)Nc1cccc(-c2noc(C(F)(F)F)n2)c1. The Morgan fingerprint density at radius 3 is 2.62 bits per heavy atom. The summed E-state index contributed by atoms with van der Waals surface area (Å²) in [5.41, 5.74) is 0.704. The lowest BCUT2D eigenvalue weighted by Gasteiger charge is -2.12. The van der Waals surface area contributed by atoms with Gasteiger partial charge in [0.05, 0.1) is 0 Å². The van der Waals surface area contributed by atoms with E-state index in [1.54, 1.807) is 26.2 Å². The number of urea groups is 1. The molecule has 2 rings (SSSR count). The van der Waals surface area contributed by atoms with Crippen LogP contribution in [0.5, 0.6) is 0 Å². The Morgan fingerprint density at radius 2 is 2.05 bits per heavy atom. The van der Waals surface area contributed by atoms with Crippen molar-refractivity contribution in [3.8, 4) is 11.4 Å². The monoisotopic (exact) mass is 300 g/mol. The Morgan fingerprint density at radius 1 is 1.33 bits per heavy atom. The first-order chi connectivity index (χ1) is 9.77. The molecule has 0 saturated carbocycles. The van der Waals surface area contributed by atoms with E-state index in [2.05, 4.69) is 20.0 Å². The van der Waals surface area contributed by atoms with Crippen molar-refractivity contribution in [2.75, 3.05) is 19.4 Å².